The number of hydrogen-bond acceptors (Lipinski definition) is 3. The summed E-state index contributed by atoms with van der Waals surface area (Å²) in [6, 6.07) is 8.99. The van der Waals surface area contributed by atoms with Crippen LogP contribution < -0.4 is 4.74 Å². The predicted octanol–water partition coefficient (Wildman–Crippen LogP) is 4.49. The minimum atomic E-state index is -4.56. The lowest BCUT2D eigenvalue weighted by Crippen LogP contribution is -2.03. The van der Waals surface area contributed by atoms with Crippen LogP contribution in [-0.2, 0) is 6.18 Å². The highest BCUT2D eigenvalue weighted by molar-refractivity contribution is 7.14. The Morgan fingerprint density at radius 1 is 1.21 bits per heavy atom. The van der Waals surface area contributed by atoms with Gasteiger partial charge >= 0.3 is 12.3 Å². The number of hydrogen-bond donors (Lipinski definition) is 1. The zero-order valence-corrected chi connectivity index (χ0v) is 10.1. The lowest BCUT2D eigenvalue weighted by molar-refractivity contribution is -0.133. The second-order valence-corrected chi connectivity index (χ2v) is 4.55. The van der Waals surface area contributed by atoms with Crippen molar-refractivity contribution in [1.29, 1.82) is 0 Å². The predicted molar refractivity (Wildman–Crippen MR) is 63.4 cm³/mol. The summed E-state index contributed by atoms with van der Waals surface area (Å²) in [6.07, 6.45) is -6.20. The van der Waals surface area contributed by atoms with E-state index < -0.39 is 17.2 Å². The summed E-state index contributed by atoms with van der Waals surface area (Å²) in [6.45, 7) is 0. The van der Waals surface area contributed by atoms with Gasteiger partial charge < -0.3 is 9.84 Å². The zero-order valence-electron chi connectivity index (χ0n) is 9.27. The third-order valence-electron chi connectivity index (χ3n) is 2.24. The van der Waals surface area contributed by atoms with E-state index in [1.807, 2.05) is 0 Å². The average Bonchev–Trinajstić information content (AvgIpc) is 2.73. The van der Waals surface area contributed by atoms with Crippen LogP contribution in [0.15, 0.2) is 36.4 Å². The summed E-state index contributed by atoms with van der Waals surface area (Å²) in [5.41, 5.74) is 0.265. The minimum absolute atomic E-state index is 0.0886. The monoisotopic (exact) mass is 288 g/mol. The van der Waals surface area contributed by atoms with Gasteiger partial charge in [-0.05, 0) is 5.56 Å². The second kappa shape index (κ2) is 4.93. The van der Waals surface area contributed by atoms with Crippen molar-refractivity contribution in [2.45, 2.75) is 6.18 Å². The summed E-state index contributed by atoms with van der Waals surface area (Å²) in [4.78, 5) is 9.50. The molecule has 0 saturated carbocycles. The summed E-state index contributed by atoms with van der Waals surface area (Å²) >= 11 is 0.262. The molecule has 2 rings (SSSR count). The van der Waals surface area contributed by atoms with Gasteiger partial charge in [-0.15, -0.1) is 0 Å². The van der Waals surface area contributed by atoms with E-state index in [0.29, 0.717) is 5.56 Å². The van der Waals surface area contributed by atoms with Gasteiger partial charge in [-0.1, -0.05) is 41.7 Å². The fraction of sp³-hybridized carbons (Fsp3) is 0.0833. The van der Waals surface area contributed by atoms with E-state index in [2.05, 4.69) is 4.74 Å². The Morgan fingerprint density at radius 2 is 1.84 bits per heavy atom. The number of carboxylic acid groups (broad SMARTS) is 1. The van der Waals surface area contributed by atoms with Crippen LogP contribution in [-0.4, -0.2) is 11.3 Å². The Balaban J connectivity index is 2.52. The molecule has 1 N–H and O–H groups in total. The first-order valence-electron chi connectivity index (χ1n) is 5.05. The van der Waals surface area contributed by atoms with Crippen molar-refractivity contribution in [2.75, 3.05) is 0 Å². The summed E-state index contributed by atoms with van der Waals surface area (Å²) in [7, 11) is 0. The fourth-order valence-corrected chi connectivity index (χ4v) is 2.44. The van der Waals surface area contributed by atoms with E-state index >= 15 is 0 Å². The number of ether oxygens (including phenoxy) is 1. The molecule has 2 aromatic rings. The van der Waals surface area contributed by atoms with Crippen molar-refractivity contribution in [1.82, 2.24) is 0 Å². The van der Waals surface area contributed by atoms with E-state index in [-0.39, 0.29) is 22.0 Å². The molecule has 0 bridgehead atoms. The normalized spacial score (nSPS) is 11.3. The smallest absolute Gasteiger partial charge is 0.449 e. The Hall–Kier alpha value is -2.02. The fourth-order valence-electron chi connectivity index (χ4n) is 1.55. The van der Waals surface area contributed by atoms with E-state index in [1.165, 1.54) is 12.1 Å². The van der Waals surface area contributed by atoms with E-state index in [4.69, 9.17) is 5.11 Å². The van der Waals surface area contributed by atoms with Gasteiger partial charge in [0, 0.05) is 11.6 Å². The van der Waals surface area contributed by atoms with Crippen molar-refractivity contribution in [2.24, 2.45) is 0 Å². The molecule has 3 nitrogen and oxygen atoms in total. The summed E-state index contributed by atoms with van der Waals surface area (Å²) in [5, 5.41) is 8.14. The van der Waals surface area contributed by atoms with Gasteiger partial charge in [-0.25, -0.2) is 4.79 Å². The van der Waals surface area contributed by atoms with Crippen LogP contribution >= 0.6 is 11.3 Å². The molecule has 0 spiro atoms. The molecule has 0 saturated heterocycles. The molecule has 0 fully saturated rings. The van der Waals surface area contributed by atoms with Crippen molar-refractivity contribution >= 4 is 17.5 Å². The molecular formula is C12H7F3O3S. The molecule has 0 aliphatic heterocycles. The van der Waals surface area contributed by atoms with Crippen molar-refractivity contribution < 1.29 is 27.8 Å². The van der Waals surface area contributed by atoms with Crippen LogP contribution in [0.3, 0.4) is 0 Å². The van der Waals surface area contributed by atoms with Crippen LogP contribution in [0.1, 0.15) is 4.88 Å². The van der Waals surface area contributed by atoms with E-state index in [0.717, 1.165) is 6.07 Å². The number of rotatable bonds is 2. The third kappa shape index (κ3) is 3.05. The first-order valence-corrected chi connectivity index (χ1v) is 5.87. The van der Waals surface area contributed by atoms with E-state index in [9.17, 15) is 18.0 Å². The highest BCUT2D eigenvalue weighted by Gasteiger charge is 2.37. The van der Waals surface area contributed by atoms with Gasteiger partial charge in [0.2, 0.25) is 0 Å². The first kappa shape index (κ1) is 13.4. The highest BCUT2D eigenvalue weighted by atomic mass is 32.1. The lowest BCUT2D eigenvalue weighted by Gasteiger charge is -2.06. The maximum atomic E-state index is 12.9. The first-order chi connectivity index (χ1) is 8.88. The van der Waals surface area contributed by atoms with Gasteiger partial charge in [-0.3, -0.25) is 0 Å². The Morgan fingerprint density at radius 3 is 2.37 bits per heavy atom. The molecular weight excluding hydrogens is 281 g/mol. The van der Waals surface area contributed by atoms with Crippen LogP contribution in [0, 0.1) is 0 Å². The quantitative estimate of drug-likeness (QED) is 0.828. The second-order valence-electron chi connectivity index (χ2n) is 3.54. The highest BCUT2D eigenvalue weighted by Crippen LogP contribution is 2.45. The van der Waals surface area contributed by atoms with Crippen LogP contribution in [0.2, 0.25) is 0 Å². The van der Waals surface area contributed by atoms with Gasteiger partial charge in [-0.2, -0.15) is 13.2 Å². The largest absolute Gasteiger partial charge is 0.512 e. The Bertz CT molecular complexity index is 590. The number of carbonyl (C=O) groups is 1. The molecule has 0 radical (unpaired) electrons. The van der Waals surface area contributed by atoms with Gasteiger partial charge in [0.05, 0.1) is 0 Å². The standard InChI is InChI=1S/C12H7F3O3S/c13-12(14,15)10-8(7-4-2-1-3-5-7)6-9(19-10)18-11(16)17/h1-6H,(H,16,17). The molecule has 100 valence electrons. The average molecular weight is 288 g/mol. The number of halogens is 3. The Labute approximate surface area is 109 Å². The molecule has 19 heavy (non-hydrogen) atoms. The maximum absolute atomic E-state index is 12.9. The van der Waals surface area contributed by atoms with Gasteiger partial charge in [0.25, 0.3) is 0 Å². The zero-order chi connectivity index (χ0) is 14.0. The maximum Gasteiger partial charge on any atom is 0.512 e. The van der Waals surface area contributed by atoms with Crippen LogP contribution in [0.5, 0.6) is 5.06 Å². The molecule has 7 heteroatoms. The summed E-state index contributed by atoms with van der Waals surface area (Å²) < 4.78 is 43.0. The molecule has 1 heterocycles. The minimum Gasteiger partial charge on any atom is -0.449 e. The molecule has 0 atom stereocenters. The van der Waals surface area contributed by atoms with Gasteiger partial charge in [0.15, 0.2) is 5.06 Å². The lowest BCUT2D eigenvalue weighted by atomic mass is 10.1. The van der Waals surface area contributed by atoms with Crippen LogP contribution in [0.25, 0.3) is 11.1 Å². The van der Waals surface area contributed by atoms with Crippen molar-refractivity contribution in [3.05, 3.63) is 41.3 Å². The molecule has 0 amide bonds. The number of thiophene rings is 1. The van der Waals surface area contributed by atoms with Crippen molar-refractivity contribution in [3.63, 3.8) is 0 Å². The molecule has 1 aromatic heterocycles. The van der Waals surface area contributed by atoms with E-state index in [1.54, 1.807) is 18.2 Å². The summed E-state index contributed by atoms with van der Waals surface area (Å²) in [5.74, 6) is 0. The van der Waals surface area contributed by atoms with Gasteiger partial charge in [0.1, 0.15) is 4.88 Å². The Kier molecular flexibility index (Phi) is 3.48. The molecule has 0 aliphatic rings. The number of benzene rings is 1. The topological polar surface area (TPSA) is 46.5 Å². The van der Waals surface area contributed by atoms with Crippen LogP contribution in [0.4, 0.5) is 18.0 Å². The third-order valence-corrected chi connectivity index (χ3v) is 3.30. The van der Waals surface area contributed by atoms with Crippen molar-refractivity contribution in [3.8, 4) is 16.2 Å². The molecule has 0 aliphatic carbocycles. The SMILES string of the molecule is O=C(O)Oc1cc(-c2ccccc2)c(C(F)(F)F)s1. The molecule has 0 unspecified atom stereocenters. The number of alkyl halides is 3. The molecule has 1 aromatic carbocycles.